The number of carbonyl (C=O) groups excluding carboxylic acids is 1. The second kappa shape index (κ2) is 9.89. The molecule has 108 valence electrons. The third-order valence-electron chi connectivity index (χ3n) is 2.43. The summed E-state index contributed by atoms with van der Waals surface area (Å²) < 4.78 is 10.3. The molecule has 19 heavy (non-hydrogen) atoms. The molecule has 1 N–H and O–H groups in total. The van der Waals surface area contributed by atoms with Gasteiger partial charge in [0.25, 0.3) is 0 Å². The van der Waals surface area contributed by atoms with E-state index in [-0.39, 0.29) is 12.4 Å². The number of unbranched alkanes of at least 4 members (excludes halogenated alkanes) is 1. The van der Waals surface area contributed by atoms with Crippen molar-refractivity contribution >= 4 is 30.0 Å². The Morgan fingerprint density at radius 3 is 2.74 bits per heavy atom. The lowest BCUT2D eigenvalue weighted by Gasteiger charge is -2.10. The second-order valence-corrected chi connectivity index (χ2v) is 4.23. The van der Waals surface area contributed by atoms with Crippen LogP contribution in [0.4, 0.5) is 0 Å². The standard InChI is InChI=1S/C13H18ClNO3.ClH/c1-15-7-3-4-8-18-12-9-10(14)5-6-11(12)13(16)17-2;/h5-6,9,15H,3-4,7-8H2,1-2H3;1H. The Morgan fingerprint density at radius 1 is 1.37 bits per heavy atom. The molecule has 0 fully saturated rings. The van der Waals surface area contributed by atoms with E-state index in [1.165, 1.54) is 7.11 Å². The predicted molar refractivity (Wildman–Crippen MR) is 78.7 cm³/mol. The highest BCUT2D eigenvalue weighted by atomic mass is 35.5. The minimum atomic E-state index is -0.420. The first-order valence-electron chi connectivity index (χ1n) is 5.84. The average molecular weight is 308 g/mol. The number of carbonyl (C=O) groups is 1. The van der Waals surface area contributed by atoms with Gasteiger partial charge in [-0.2, -0.15) is 0 Å². The zero-order chi connectivity index (χ0) is 13.4. The molecule has 0 bridgehead atoms. The Kier molecular flexibility index (Phi) is 9.39. The van der Waals surface area contributed by atoms with Gasteiger partial charge < -0.3 is 14.8 Å². The molecule has 0 atom stereocenters. The minimum Gasteiger partial charge on any atom is -0.493 e. The van der Waals surface area contributed by atoms with Gasteiger partial charge in [0, 0.05) is 5.02 Å². The molecule has 6 heteroatoms. The normalized spacial score (nSPS) is 9.63. The molecular formula is C13H19Cl2NO3. The van der Waals surface area contributed by atoms with Crippen molar-refractivity contribution in [3.8, 4) is 5.75 Å². The van der Waals surface area contributed by atoms with Crippen LogP contribution in [0, 0.1) is 0 Å². The van der Waals surface area contributed by atoms with E-state index in [4.69, 9.17) is 16.3 Å². The number of hydrogen-bond acceptors (Lipinski definition) is 4. The molecule has 0 amide bonds. The van der Waals surface area contributed by atoms with Gasteiger partial charge in [-0.25, -0.2) is 4.79 Å². The molecule has 0 aliphatic heterocycles. The van der Waals surface area contributed by atoms with Crippen LogP contribution in [-0.4, -0.2) is 33.3 Å². The highest BCUT2D eigenvalue weighted by Gasteiger charge is 2.13. The lowest BCUT2D eigenvalue weighted by molar-refractivity contribution is 0.0596. The topological polar surface area (TPSA) is 47.6 Å². The maximum absolute atomic E-state index is 11.5. The van der Waals surface area contributed by atoms with Crippen molar-refractivity contribution in [3.05, 3.63) is 28.8 Å². The van der Waals surface area contributed by atoms with Crippen LogP contribution in [0.5, 0.6) is 5.75 Å². The average Bonchev–Trinajstić information content (AvgIpc) is 2.38. The SMILES string of the molecule is CNCCCCOc1cc(Cl)ccc1C(=O)OC.Cl. The molecule has 0 radical (unpaired) electrons. The van der Waals surface area contributed by atoms with E-state index in [1.54, 1.807) is 18.2 Å². The van der Waals surface area contributed by atoms with E-state index < -0.39 is 5.97 Å². The zero-order valence-corrected chi connectivity index (χ0v) is 12.6. The number of hydrogen-bond donors (Lipinski definition) is 1. The van der Waals surface area contributed by atoms with Crippen molar-refractivity contribution < 1.29 is 14.3 Å². The van der Waals surface area contributed by atoms with E-state index >= 15 is 0 Å². The molecule has 0 aliphatic carbocycles. The summed E-state index contributed by atoms with van der Waals surface area (Å²) in [4.78, 5) is 11.5. The van der Waals surface area contributed by atoms with Crippen LogP contribution in [0.1, 0.15) is 23.2 Å². The van der Waals surface area contributed by atoms with Crippen LogP contribution in [0.3, 0.4) is 0 Å². The van der Waals surface area contributed by atoms with Crippen molar-refractivity contribution in [2.24, 2.45) is 0 Å². The van der Waals surface area contributed by atoms with Gasteiger partial charge in [-0.05, 0) is 44.6 Å². The van der Waals surface area contributed by atoms with Crippen molar-refractivity contribution in [3.63, 3.8) is 0 Å². The van der Waals surface area contributed by atoms with Crippen molar-refractivity contribution in [2.45, 2.75) is 12.8 Å². The number of benzene rings is 1. The van der Waals surface area contributed by atoms with Gasteiger partial charge in [0.15, 0.2) is 0 Å². The van der Waals surface area contributed by atoms with Crippen molar-refractivity contribution in [1.29, 1.82) is 0 Å². The molecule has 0 heterocycles. The Morgan fingerprint density at radius 2 is 2.11 bits per heavy atom. The molecule has 0 spiro atoms. The Bertz CT molecular complexity index is 399. The quantitative estimate of drug-likeness (QED) is 0.621. The lowest BCUT2D eigenvalue weighted by Crippen LogP contribution is -2.10. The van der Waals surface area contributed by atoms with Crippen molar-refractivity contribution in [2.75, 3.05) is 27.3 Å². The van der Waals surface area contributed by atoms with Crippen LogP contribution in [0.2, 0.25) is 5.02 Å². The maximum atomic E-state index is 11.5. The molecule has 0 unspecified atom stereocenters. The summed E-state index contributed by atoms with van der Waals surface area (Å²) in [6.45, 7) is 1.49. The molecule has 0 saturated heterocycles. The molecule has 0 aliphatic rings. The number of ether oxygens (including phenoxy) is 2. The highest BCUT2D eigenvalue weighted by Crippen LogP contribution is 2.24. The molecule has 0 saturated carbocycles. The van der Waals surface area contributed by atoms with Crippen molar-refractivity contribution in [1.82, 2.24) is 5.32 Å². The summed E-state index contributed by atoms with van der Waals surface area (Å²) in [5.41, 5.74) is 0.399. The van der Waals surface area contributed by atoms with E-state index in [0.717, 1.165) is 19.4 Å². The van der Waals surface area contributed by atoms with Gasteiger partial charge in [-0.3, -0.25) is 0 Å². The van der Waals surface area contributed by atoms with E-state index in [9.17, 15) is 4.79 Å². The van der Waals surface area contributed by atoms with Gasteiger partial charge in [0.05, 0.1) is 13.7 Å². The summed E-state index contributed by atoms with van der Waals surface area (Å²) in [5.74, 6) is 0.0516. The van der Waals surface area contributed by atoms with Crippen LogP contribution in [-0.2, 0) is 4.74 Å². The fourth-order valence-electron chi connectivity index (χ4n) is 1.48. The van der Waals surface area contributed by atoms with Gasteiger partial charge in [-0.15, -0.1) is 12.4 Å². The summed E-state index contributed by atoms with van der Waals surface area (Å²) in [6, 6.07) is 4.88. The van der Waals surface area contributed by atoms with E-state index in [1.807, 2.05) is 7.05 Å². The fourth-order valence-corrected chi connectivity index (χ4v) is 1.64. The third-order valence-corrected chi connectivity index (χ3v) is 2.66. The number of esters is 1. The first-order chi connectivity index (χ1) is 8.69. The lowest BCUT2D eigenvalue weighted by atomic mass is 10.2. The van der Waals surface area contributed by atoms with Crippen LogP contribution in [0.15, 0.2) is 18.2 Å². The van der Waals surface area contributed by atoms with E-state index in [0.29, 0.717) is 22.9 Å². The maximum Gasteiger partial charge on any atom is 0.341 e. The molecule has 4 nitrogen and oxygen atoms in total. The molecule has 1 rings (SSSR count). The summed E-state index contributed by atoms with van der Waals surface area (Å²) in [7, 11) is 3.25. The number of rotatable bonds is 7. The summed E-state index contributed by atoms with van der Waals surface area (Å²) >= 11 is 5.89. The summed E-state index contributed by atoms with van der Waals surface area (Å²) in [6.07, 6.45) is 1.93. The molecule has 1 aromatic rings. The third kappa shape index (κ3) is 6.14. The fraction of sp³-hybridized carbons (Fsp3) is 0.462. The smallest absolute Gasteiger partial charge is 0.341 e. The van der Waals surface area contributed by atoms with Crippen LogP contribution < -0.4 is 10.1 Å². The van der Waals surface area contributed by atoms with Gasteiger partial charge in [0.2, 0.25) is 0 Å². The molecule has 0 aromatic heterocycles. The predicted octanol–water partition coefficient (Wildman–Crippen LogP) is 2.93. The first kappa shape index (κ1) is 18.0. The van der Waals surface area contributed by atoms with Crippen LogP contribution >= 0.6 is 24.0 Å². The van der Waals surface area contributed by atoms with Gasteiger partial charge in [-0.1, -0.05) is 11.6 Å². The number of methoxy groups -OCH3 is 1. The number of halogens is 2. The Balaban J connectivity index is 0.00000324. The molecule has 1 aromatic carbocycles. The Labute approximate surface area is 124 Å². The minimum absolute atomic E-state index is 0. The zero-order valence-electron chi connectivity index (χ0n) is 11.1. The van der Waals surface area contributed by atoms with Gasteiger partial charge in [0.1, 0.15) is 11.3 Å². The molecular weight excluding hydrogens is 289 g/mol. The largest absolute Gasteiger partial charge is 0.493 e. The van der Waals surface area contributed by atoms with E-state index in [2.05, 4.69) is 10.1 Å². The second-order valence-electron chi connectivity index (χ2n) is 3.79. The summed E-state index contributed by atoms with van der Waals surface area (Å²) in [5, 5.41) is 3.60. The van der Waals surface area contributed by atoms with Gasteiger partial charge >= 0.3 is 5.97 Å². The monoisotopic (exact) mass is 307 g/mol. The highest BCUT2D eigenvalue weighted by molar-refractivity contribution is 6.30. The first-order valence-corrected chi connectivity index (χ1v) is 6.22. The van der Waals surface area contributed by atoms with Crippen LogP contribution in [0.25, 0.3) is 0 Å². The number of nitrogens with one attached hydrogen (secondary N) is 1. The Hall–Kier alpha value is -0.970.